The lowest BCUT2D eigenvalue weighted by Crippen LogP contribution is -2.25. The predicted molar refractivity (Wildman–Crippen MR) is 88.6 cm³/mol. The minimum Gasteiger partial charge on any atom is -0.492 e. The molecule has 1 heterocycles. The van der Waals surface area contributed by atoms with Crippen molar-refractivity contribution < 1.29 is 9.53 Å². The monoisotopic (exact) mass is 311 g/mol. The van der Waals surface area contributed by atoms with Crippen LogP contribution < -0.4 is 20.7 Å². The van der Waals surface area contributed by atoms with E-state index in [0.29, 0.717) is 22.4 Å². The lowest BCUT2D eigenvalue weighted by atomic mass is 10.3. The number of thiophene rings is 1. The molecule has 0 unspecified atom stereocenters. The number of anilines is 2. The molecule has 1 fully saturated rings. The molecule has 1 aliphatic carbocycles. The van der Waals surface area contributed by atoms with E-state index in [9.17, 15) is 4.79 Å². The van der Waals surface area contributed by atoms with Gasteiger partial charge in [0.1, 0.15) is 15.6 Å². The van der Waals surface area contributed by atoms with Crippen LogP contribution in [0.5, 0.6) is 5.75 Å². The maximum atomic E-state index is 12.3. The van der Waals surface area contributed by atoms with Crippen LogP contribution in [0.25, 0.3) is 0 Å². The number of rotatable bonds is 8. The highest BCUT2D eigenvalue weighted by Gasteiger charge is 2.29. The zero-order valence-corrected chi connectivity index (χ0v) is 13.9. The first-order valence-corrected chi connectivity index (χ1v) is 8.46. The molecular formula is C15H25N3O2S. The number of hydrogen-bond acceptors (Lipinski definition) is 5. The number of ether oxygens (including phenoxy) is 1. The Morgan fingerprint density at radius 1 is 1.48 bits per heavy atom. The average molecular weight is 311 g/mol. The van der Waals surface area contributed by atoms with E-state index >= 15 is 0 Å². The largest absolute Gasteiger partial charge is 0.492 e. The fourth-order valence-electron chi connectivity index (χ4n) is 2.22. The summed E-state index contributed by atoms with van der Waals surface area (Å²) in [4.78, 5) is 15.1. The zero-order valence-electron chi connectivity index (χ0n) is 13.1. The fraction of sp³-hybridized carbons (Fsp3) is 0.667. The maximum absolute atomic E-state index is 12.3. The minimum atomic E-state index is -0.0731. The molecule has 2 rings (SSSR count). The van der Waals surface area contributed by atoms with Crippen LogP contribution in [0.2, 0.25) is 0 Å². The van der Waals surface area contributed by atoms with Crippen molar-refractivity contribution in [3.05, 3.63) is 4.88 Å². The first-order valence-electron chi connectivity index (χ1n) is 7.64. The molecule has 0 bridgehead atoms. The summed E-state index contributed by atoms with van der Waals surface area (Å²) in [6, 6.07) is 0.329. The molecule has 1 aliphatic rings. The van der Waals surface area contributed by atoms with Crippen LogP contribution >= 0.6 is 11.3 Å². The molecule has 1 amide bonds. The van der Waals surface area contributed by atoms with Crippen molar-refractivity contribution in [2.75, 3.05) is 30.8 Å². The van der Waals surface area contributed by atoms with E-state index in [1.54, 1.807) is 7.11 Å². The molecule has 0 aliphatic heterocycles. The lowest BCUT2D eigenvalue weighted by molar-refractivity contribution is 0.0956. The van der Waals surface area contributed by atoms with Crippen LogP contribution in [0.4, 0.5) is 10.7 Å². The average Bonchev–Trinajstić information content (AvgIpc) is 3.22. The molecule has 118 valence electrons. The fourth-order valence-corrected chi connectivity index (χ4v) is 3.40. The Bertz CT molecular complexity index is 497. The van der Waals surface area contributed by atoms with Gasteiger partial charge in [0.05, 0.1) is 7.11 Å². The quantitative estimate of drug-likeness (QED) is 0.774. The summed E-state index contributed by atoms with van der Waals surface area (Å²) in [5.74, 6) is 0.565. The number of hydrogen-bond donors (Lipinski definition) is 2. The van der Waals surface area contributed by atoms with E-state index in [0.717, 1.165) is 43.8 Å². The number of unbranched alkanes of at least 4 members (excludes halogenated alkanes) is 1. The van der Waals surface area contributed by atoms with Crippen LogP contribution in [0, 0.1) is 0 Å². The third-order valence-electron chi connectivity index (χ3n) is 3.66. The Morgan fingerprint density at radius 2 is 2.19 bits per heavy atom. The second-order valence-corrected chi connectivity index (χ2v) is 6.36. The molecule has 3 N–H and O–H groups in total. The summed E-state index contributed by atoms with van der Waals surface area (Å²) in [6.45, 7) is 6.10. The Hall–Kier alpha value is -1.43. The van der Waals surface area contributed by atoms with E-state index in [4.69, 9.17) is 10.5 Å². The normalized spacial score (nSPS) is 14.0. The molecule has 1 aromatic heterocycles. The second-order valence-electron chi connectivity index (χ2n) is 5.36. The highest BCUT2D eigenvalue weighted by Crippen LogP contribution is 2.45. The molecule has 1 aromatic rings. The van der Waals surface area contributed by atoms with Gasteiger partial charge in [-0.2, -0.15) is 0 Å². The number of amides is 1. The Kier molecular flexibility index (Phi) is 5.33. The molecule has 6 heteroatoms. The van der Waals surface area contributed by atoms with Gasteiger partial charge in [0.2, 0.25) is 0 Å². The van der Waals surface area contributed by atoms with Crippen LogP contribution in [-0.2, 0) is 0 Å². The molecule has 5 nitrogen and oxygen atoms in total. The predicted octanol–water partition coefficient (Wildman–Crippen LogP) is 2.86. The molecule has 0 atom stereocenters. The van der Waals surface area contributed by atoms with Crippen molar-refractivity contribution in [2.45, 2.75) is 45.6 Å². The molecule has 0 spiro atoms. The van der Waals surface area contributed by atoms with Gasteiger partial charge in [-0.25, -0.2) is 0 Å². The SMILES string of the molecule is CCCCN(CC)c1sc(C(=O)NC2CC2)c(N)c1OC. The molecule has 0 saturated heterocycles. The van der Waals surface area contributed by atoms with Crippen LogP contribution in [0.1, 0.15) is 49.2 Å². The number of carbonyl (C=O) groups excluding carboxylic acids is 1. The smallest absolute Gasteiger partial charge is 0.263 e. The Labute approximate surface area is 130 Å². The van der Waals surface area contributed by atoms with E-state index < -0.39 is 0 Å². The second kappa shape index (κ2) is 7.02. The third-order valence-corrected chi connectivity index (χ3v) is 4.90. The van der Waals surface area contributed by atoms with Crippen molar-refractivity contribution in [3.8, 4) is 5.75 Å². The van der Waals surface area contributed by atoms with E-state index in [2.05, 4.69) is 24.1 Å². The van der Waals surface area contributed by atoms with Crippen molar-refractivity contribution in [1.29, 1.82) is 0 Å². The number of nitrogens with zero attached hydrogens (tertiary/aromatic N) is 1. The number of nitrogens with one attached hydrogen (secondary N) is 1. The van der Waals surface area contributed by atoms with Gasteiger partial charge < -0.3 is 20.7 Å². The van der Waals surface area contributed by atoms with Crippen LogP contribution in [0.15, 0.2) is 0 Å². The summed E-state index contributed by atoms with van der Waals surface area (Å²) < 4.78 is 5.45. The summed E-state index contributed by atoms with van der Waals surface area (Å²) >= 11 is 1.44. The first-order chi connectivity index (χ1) is 10.1. The maximum Gasteiger partial charge on any atom is 0.263 e. The standard InChI is InChI=1S/C15H25N3O2S/c1-4-6-9-18(5-2)15-12(20-3)11(16)13(21-15)14(19)17-10-7-8-10/h10H,4-9,16H2,1-3H3,(H,17,19). The van der Waals surface area contributed by atoms with Gasteiger partial charge in [0.15, 0.2) is 5.75 Å². The highest BCUT2D eigenvalue weighted by atomic mass is 32.1. The van der Waals surface area contributed by atoms with Gasteiger partial charge in [-0.3, -0.25) is 4.79 Å². The number of nitrogens with two attached hydrogens (primary N) is 1. The topological polar surface area (TPSA) is 67.6 Å². The summed E-state index contributed by atoms with van der Waals surface area (Å²) in [7, 11) is 1.61. The highest BCUT2D eigenvalue weighted by molar-refractivity contribution is 7.19. The summed E-state index contributed by atoms with van der Waals surface area (Å²) in [6.07, 6.45) is 4.38. The van der Waals surface area contributed by atoms with E-state index in [1.165, 1.54) is 11.3 Å². The molecular weight excluding hydrogens is 286 g/mol. The van der Waals surface area contributed by atoms with Crippen LogP contribution in [-0.4, -0.2) is 32.1 Å². The van der Waals surface area contributed by atoms with E-state index in [-0.39, 0.29) is 5.91 Å². The summed E-state index contributed by atoms with van der Waals surface area (Å²) in [5.41, 5.74) is 6.59. The van der Waals surface area contributed by atoms with Gasteiger partial charge in [-0.1, -0.05) is 13.3 Å². The van der Waals surface area contributed by atoms with Gasteiger partial charge in [0.25, 0.3) is 5.91 Å². The lowest BCUT2D eigenvalue weighted by Gasteiger charge is -2.22. The van der Waals surface area contributed by atoms with Crippen LogP contribution in [0.3, 0.4) is 0 Å². The first kappa shape index (κ1) is 15.9. The van der Waals surface area contributed by atoms with E-state index in [1.807, 2.05) is 0 Å². The Morgan fingerprint density at radius 3 is 2.71 bits per heavy atom. The van der Waals surface area contributed by atoms with Gasteiger partial charge in [-0.05, 0) is 26.2 Å². The van der Waals surface area contributed by atoms with Crippen molar-refractivity contribution in [2.24, 2.45) is 0 Å². The van der Waals surface area contributed by atoms with Crippen molar-refractivity contribution in [1.82, 2.24) is 5.32 Å². The van der Waals surface area contributed by atoms with Gasteiger partial charge in [-0.15, -0.1) is 11.3 Å². The molecule has 21 heavy (non-hydrogen) atoms. The minimum absolute atomic E-state index is 0.0731. The zero-order chi connectivity index (χ0) is 15.4. The number of methoxy groups -OCH3 is 1. The molecule has 1 saturated carbocycles. The number of carbonyl (C=O) groups is 1. The van der Waals surface area contributed by atoms with Crippen molar-refractivity contribution >= 4 is 27.9 Å². The molecule has 0 radical (unpaired) electrons. The number of nitrogen functional groups attached to an aromatic ring is 1. The molecule has 0 aromatic carbocycles. The summed E-state index contributed by atoms with van der Waals surface area (Å²) in [5, 5.41) is 3.96. The van der Waals surface area contributed by atoms with Gasteiger partial charge in [0, 0.05) is 19.1 Å². The van der Waals surface area contributed by atoms with Gasteiger partial charge >= 0.3 is 0 Å². The van der Waals surface area contributed by atoms with Crippen molar-refractivity contribution in [3.63, 3.8) is 0 Å². The Balaban J connectivity index is 2.24. The third kappa shape index (κ3) is 3.61.